The predicted molar refractivity (Wildman–Crippen MR) is 136 cm³/mol. The normalized spacial score (nSPS) is 14.1. The van der Waals surface area contributed by atoms with Crippen LogP contribution in [0.25, 0.3) is 0 Å². The van der Waals surface area contributed by atoms with Crippen LogP contribution in [0.1, 0.15) is 65.2 Å². The SMILES string of the molecule is Cc1cccc(OC(C)c2nnc(SCC(=O)Nc3sc4c(c3C#N)CCCCC4)n2C)c1C. The molecule has 0 bridgehead atoms. The van der Waals surface area contributed by atoms with Gasteiger partial charge in [0.05, 0.1) is 11.3 Å². The maximum atomic E-state index is 12.7. The number of ether oxygens (including phenoxy) is 1. The van der Waals surface area contributed by atoms with Gasteiger partial charge in [-0.05, 0) is 69.2 Å². The van der Waals surface area contributed by atoms with Gasteiger partial charge in [-0.2, -0.15) is 5.26 Å². The number of carbonyl (C=O) groups excluding carboxylic acids is 1. The lowest BCUT2D eigenvalue weighted by molar-refractivity contribution is -0.113. The van der Waals surface area contributed by atoms with Gasteiger partial charge in [-0.15, -0.1) is 21.5 Å². The van der Waals surface area contributed by atoms with Crippen LogP contribution in [0.4, 0.5) is 5.00 Å². The zero-order chi connectivity index (χ0) is 24.2. The van der Waals surface area contributed by atoms with E-state index in [0.717, 1.165) is 42.6 Å². The molecule has 1 atom stereocenters. The van der Waals surface area contributed by atoms with Gasteiger partial charge >= 0.3 is 0 Å². The molecule has 2 aromatic heterocycles. The number of rotatable bonds is 7. The van der Waals surface area contributed by atoms with Crippen LogP contribution in [0.2, 0.25) is 0 Å². The number of fused-ring (bicyclic) bond motifs is 1. The largest absolute Gasteiger partial charge is 0.482 e. The molecule has 2 heterocycles. The number of nitrogens with zero attached hydrogens (tertiary/aromatic N) is 4. The first-order valence-corrected chi connectivity index (χ1v) is 13.3. The third-order valence-electron chi connectivity index (χ3n) is 6.21. The second kappa shape index (κ2) is 10.6. The van der Waals surface area contributed by atoms with Gasteiger partial charge < -0.3 is 14.6 Å². The van der Waals surface area contributed by atoms with Crippen LogP contribution in [0.5, 0.6) is 5.75 Å². The van der Waals surface area contributed by atoms with Crippen molar-refractivity contribution in [1.82, 2.24) is 14.8 Å². The average molecular weight is 496 g/mol. The molecule has 1 unspecified atom stereocenters. The molecule has 3 aromatic rings. The summed E-state index contributed by atoms with van der Waals surface area (Å²) in [5.74, 6) is 1.55. The van der Waals surface area contributed by atoms with E-state index in [1.165, 1.54) is 28.6 Å². The fraction of sp³-hybridized carbons (Fsp3) is 0.440. The summed E-state index contributed by atoms with van der Waals surface area (Å²) in [6.45, 7) is 6.04. The van der Waals surface area contributed by atoms with Crippen molar-refractivity contribution in [3.8, 4) is 11.8 Å². The smallest absolute Gasteiger partial charge is 0.235 e. The number of thioether (sulfide) groups is 1. The van der Waals surface area contributed by atoms with Gasteiger partial charge in [-0.3, -0.25) is 4.79 Å². The van der Waals surface area contributed by atoms with Crippen LogP contribution in [0, 0.1) is 25.2 Å². The van der Waals surface area contributed by atoms with E-state index in [1.54, 1.807) is 11.3 Å². The van der Waals surface area contributed by atoms with Crippen molar-refractivity contribution in [3.63, 3.8) is 0 Å². The monoisotopic (exact) mass is 495 g/mol. The van der Waals surface area contributed by atoms with Crippen molar-refractivity contribution < 1.29 is 9.53 Å². The maximum Gasteiger partial charge on any atom is 0.235 e. The molecular formula is C25H29N5O2S2. The summed E-state index contributed by atoms with van der Waals surface area (Å²) in [6, 6.07) is 8.30. The fourth-order valence-electron chi connectivity index (χ4n) is 4.14. The van der Waals surface area contributed by atoms with E-state index in [4.69, 9.17) is 4.74 Å². The Balaban J connectivity index is 1.39. The number of nitrogens with one attached hydrogen (secondary N) is 1. The molecule has 9 heteroatoms. The zero-order valence-electron chi connectivity index (χ0n) is 20.0. The molecule has 34 heavy (non-hydrogen) atoms. The van der Waals surface area contributed by atoms with Crippen LogP contribution in [-0.4, -0.2) is 26.4 Å². The van der Waals surface area contributed by atoms with E-state index in [1.807, 2.05) is 37.6 Å². The number of nitriles is 1. The number of hydrogen-bond acceptors (Lipinski definition) is 7. The molecule has 1 amide bonds. The van der Waals surface area contributed by atoms with Crippen molar-refractivity contribution in [2.45, 2.75) is 64.1 Å². The van der Waals surface area contributed by atoms with Gasteiger partial charge in [0.25, 0.3) is 0 Å². The quantitative estimate of drug-likeness (QED) is 0.343. The number of hydrogen-bond donors (Lipinski definition) is 1. The van der Waals surface area contributed by atoms with E-state index in [9.17, 15) is 10.1 Å². The number of aromatic nitrogens is 3. The fourth-order valence-corrected chi connectivity index (χ4v) is 6.12. The van der Waals surface area contributed by atoms with E-state index in [0.29, 0.717) is 21.5 Å². The Morgan fingerprint density at radius 1 is 1.29 bits per heavy atom. The number of anilines is 1. The highest BCUT2D eigenvalue weighted by molar-refractivity contribution is 7.99. The summed E-state index contributed by atoms with van der Waals surface area (Å²) in [6.07, 6.45) is 5.05. The van der Waals surface area contributed by atoms with Crippen LogP contribution in [-0.2, 0) is 24.7 Å². The van der Waals surface area contributed by atoms with E-state index < -0.39 is 0 Å². The van der Waals surface area contributed by atoms with Gasteiger partial charge in [0.1, 0.15) is 16.8 Å². The molecule has 0 saturated carbocycles. The molecule has 178 valence electrons. The maximum absolute atomic E-state index is 12.7. The van der Waals surface area contributed by atoms with Crippen molar-refractivity contribution in [2.75, 3.05) is 11.1 Å². The molecule has 1 aliphatic rings. The Morgan fingerprint density at radius 2 is 2.09 bits per heavy atom. The molecular weight excluding hydrogens is 466 g/mol. The molecule has 4 rings (SSSR count). The number of thiophene rings is 1. The Kier molecular flexibility index (Phi) is 7.59. The first kappa shape index (κ1) is 24.3. The van der Waals surface area contributed by atoms with Crippen LogP contribution in [0.15, 0.2) is 23.4 Å². The summed E-state index contributed by atoms with van der Waals surface area (Å²) in [4.78, 5) is 13.9. The lowest BCUT2D eigenvalue weighted by Gasteiger charge is -2.16. The highest BCUT2D eigenvalue weighted by Gasteiger charge is 2.22. The summed E-state index contributed by atoms with van der Waals surface area (Å²) >= 11 is 2.87. The predicted octanol–water partition coefficient (Wildman–Crippen LogP) is 5.50. The number of carbonyl (C=O) groups is 1. The number of aryl methyl sites for hydroxylation is 2. The topological polar surface area (TPSA) is 92.8 Å². The van der Waals surface area contributed by atoms with E-state index >= 15 is 0 Å². The Morgan fingerprint density at radius 3 is 2.88 bits per heavy atom. The third kappa shape index (κ3) is 5.13. The van der Waals surface area contributed by atoms with E-state index in [2.05, 4.69) is 34.6 Å². The molecule has 0 spiro atoms. The third-order valence-corrected chi connectivity index (χ3v) is 8.44. The van der Waals surface area contributed by atoms with Gasteiger partial charge in [0.2, 0.25) is 5.91 Å². The molecule has 0 aliphatic heterocycles. The highest BCUT2D eigenvalue weighted by atomic mass is 32.2. The van der Waals surface area contributed by atoms with Crippen molar-refractivity contribution in [3.05, 3.63) is 51.2 Å². The standard InChI is InChI=1S/C25H29N5O2S2/c1-15-9-8-11-20(16(15)2)32-17(3)23-28-29-25(30(23)4)33-14-22(31)27-24-19(13-26)18-10-6-5-7-12-21(18)34-24/h8-9,11,17H,5-7,10,12,14H2,1-4H3,(H,27,31). The van der Waals surface area contributed by atoms with Gasteiger partial charge in [0, 0.05) is 11.9 Å². The van der Waals surface area contributed by atoms with Gasteiger partial charge in [-0.25, -0.2) is 0 Å². The molecule has 0 radical (unpaired) electrons. The van der Waals surface area contributed by atoms with Crippen LogP contribution >= 0.6 is 23.1 Å². The van der Waals surface area contributed by atoms with Crippen molar-refractivity contribution in [1.29, 1.82) is 5.26 Å². The molecule has 1 aromatic carbocycles. The first-order chi connectivity index (χ1) is 16.4. The van der Waals surface area contributed by atoms with Gasteiger partial charge in [-0.1, -0.05) is 30.3 Å². The number of benzene rings is 1. The zero-order valence-corrected chi connectivity index (χ0v) is 21.6. The highest BCUT2D eigenvalue weighted by Crippen LogP contribution is 2.37. The Labute approximate surface area is 208 Å². The summed E-state index contributed by atoms with van der Waals surface area (Å²) in [7, 11) is 1.88. The number of amides is 1. The molecule has 0 fully saturated rings. The minimum atomic E-state index is -0.291. The summed E-state index contributed by atoms with van der Waals surface area (Å²) in [5.41, 5.74) is 4.04. The Hall–Kier alpha value is -2.83. The minimum absolute atomic E-state index is 0.151. The summed E-state index contributed by atoms with van der Waals surface area (Å²) in [5, 5.41) is 22.5. The van der Waals surface area contributed by atoms with E-state index in [-0.39, 0.29) is 17.8 Å². The second-order valence-electron chi connectivity index (χ2n) is 8.58. The first-order valence-electron chi connectivity index (χ1n) is 11.5. The molecule has 0 saturated heterocycles. The molecule has 1 N–H and O–H groups in total. The van der Waals surface area contributed by atoms with Crippen LogP contribution in [0.3, 0.4) is 0 Å². The summed E-state index contributed by atoms with van der Waals surface area (Å²) < 4.78 is 8.01. The minimum Gasteiger partial charge on any atom is -0.482 e. The van der Waals surface area contributed by atoms with Gasteiger partial charge in [0.15, 0.2) is 17.1 Å². The lowest BCUT2D eigenvalue weighted by atomic mass is 10.1. The second-order valence-corrected chi connectivity index (χ2v) is 10.6. The van der Waals surface area contributed by atoms with Crippen LogP contribution < -0.4 is 10.1 Å². The van der Waals surface area contributed by atoms with Crippen molar-refractivity contribution in [2.24, 2.45) is 7.05 Å². The average Bonchev–Trinajstić information content (AvgIpc) is 3.25. The lowest BCUT2D eigenvalue weighted by Crippen LogP contribution is -2.15. The molecule has 7 nitrogen and oxygen atoms in total. The Bertz CT molecular complexity index is 1240. The van der Waals surface area contributed by atoms with Crippen molar-refractivity contribution >= 4 is 34.0 Å². The molecule has 1 aliphatic carbocycles.